The number of aromatic nitrogens is 1. The van der Waals surface area contributed by atoms with Crippen LogP contribution in [0.5, 0.6) is 0 Å². The van der Waals surface area contributed by atoms with E-state index in [-0.39, 0.29) is 18.4 Å². The van der Waals surface area contributed by atoms with Gasteiger partial charge in [0.1, 0.15) is 6.54 Å². The summed E-state index contributed by atoms with van der Waals surface area (Å²) in [5, 5.41) is 2.74. The molecule has 0 saturated carbocycles. The van der Waals surface area contributed by atoms with Crippen LogP contribution in [-0.2, 0) is 9.59 Å². The molecule has 0 aliphatic heterocycles. The Morgan fingerprint density at radius 3 is 2.64 bits per heavy atom. The molecular formula is C17H19N3O2. The fraction of sp³-hybridized carbons (Fsp3) is 0.235. The first kappa shape index (κ1) is 15.7. The molecule has 0 fully saturated rings. The first-order valence-electron chi connectivity index (χ1n) is 7.02. The van der Waals surface area contributed by atoms with Gasteiger partial charge in [-0.05, 0) is 43.2 Å². The summed E-state index contributed by atoms with van der Waals surface area (Å²) >= 11 is 0. The van der Waals surface area contributed by atoms with Crippen LogP contribution >= 0.6 is 0 Å². The zero-order valence-corrected chi connectivity index (χ0v) is 13.0. The Hall–Kier alpha value is -2.69. The van der Waals surface area contributed by atoms with E-state index < -0.39 is 0 Å². The molecular weight excluding hydrogens is 278 g/mol. The average molecular weight is 297 g/mol. The van der Waals surface area contributed by atoms with Crippen molar-refractivity contribution in [2.24, 2.45) is 0 Å². The van der Waals surface area contributed by atoms with Gasteiger partial charge >= 0.3 is 0 Å². The molecule has 2 aromatic rings. The lowest BCUT2D eigenvalue weighted by atomic mass is 10.1. The smallest absolute Gasteiger partial charge is 0.244 e. The van der Waals surface area contributed by atoms with Crippen LogP contribution in [-0.4, -0.2) is 23.3 Å². The molecule has 0 radical (unpaired) electrons. The first-order chi connectivity index (χ1) is 10.5. The van der Waals surface area contributed by atoms with E-state index in [0.717, 1.165) is 16.8 Å². The molecule has 1 N–H and O–H groups in total. The Bertz CT molecular complexity index is 684. The van der Waals surface area contributed by atoms with E-state index >= 15 is 0 Å². The molecule has 0 aliphatic carbocycles. The van der Waals surface area contributed by atoms with Gasteiger partial charge in [0.05, 0.1) is 11.9 Å². The molecule has 1 aromatic carbocycles. The molecule has 1 heterocycles. The van der Waals surface area contributed by atoms with Crippen molar-refractivity contribution in [1.82, 2.24) is 4.98 Å². The number of anilines is 2. The Morgan fingerprint density at radius 2 is 2.00 bits per heavy atom. The largest absolute Gasteiger partial charge is 0.323 e. The Morgan fingerprint density at radius 1 is 1.23 bits per heavy atom. The van der Waals surface area contributed by atoms with Crippen molar-refractivity contribution in [3.8, 4) is 0 Å². The molecule has 0 unspecified atom stereocenters. The predicted octanol–water partition coefficient (Wildman–Crippen LogP) is 2.69. The Labute approximate surface area is 130 Å². The highest BCUT2D eigenvalue weighted by atomic mass is 16.2. The maximum Gasteiger partial charge on any atom is 0.244 e. The second kappa shape index (κ2) is 6.85. The Kier molecular flexibility index (Phi) is 4.88. The van der Waals surface area contributed by atoms with Crippen molar-refractivity contribution >= 4 is 23.2 Å². The third-order valence-electron chi connectivity index (χ3n) is 3.28. The number of hydrogen-bond donors (Lipinski definition) is 1. The van der Waals surface area contributed by atoms with Gasteiger partial charge in [-0.3, -0.25) is 14.6 Å². The lowest BCUT2D eigenvalue weighted by Crippen LogP contribution is -2.37. The van der Waals surface area contributed by atoms with Crippen LogP contribution in [0.4, 0.5) is 11.4 Å². The van der Waals surface area contributed by atoms with Gasteiger partial charge in [0.15, 0.2) is 0 Å². The van der Waals surface area contributed by atoms with Crippen LogP contribution in [0.2, 0.25) is 0 Å². The summed E-state index contributed by atoms with van der Waals surface area (Å²) in [6.45, 7) is 5.30. The van der Waals surface area contributed by atoms with Gasteiger partial charge < -0.3 is 10.2 Å². The molecule has 1 aromatic heterocycles. The van der Waals surface area contributed by atoms with Crippen molar-refractivity contribution in [3.05, 3.63) is 53.9 Å². The number of nitrogens with one attached hydrogen (secondary N) is 1. The van der Waals surface area contributed by atoms with E-state index in [1.165, 1.54) is 11.8 Å². The summed E-state index contributed by atoms with van der Waals surface area (Å²) in [5.41, 5.74) is 3.36. The van der Waals surface area contributed by atoms with E-state index in [0.29, 0.717) is 5.69 Å². The molecule has 0 atom stereocenters. The number of nitrogens with zero attached hydrogens (tertiary/aromatic N) is 2. The van der Waals surface area contributed by atoms with Crippen LogP contribution in [0.1, 0.15) is 18.1 Å². The number of carbonyl (C=O) groups is 2. The first-order valence-corrected chi connectivity index (χ1v) is 7.02. The van der Waals surface area contributed by atoms with E-state index in [1.54, 1.807) is 24.5 Å². The standard InChI is InChI=1S/C17H19N3O2/c1-12-6-7-13(2)16(9-12)20(14(3)21)11-17(22)19-15-5-4-8-18-10-15/h4-10H,11H2,1-3H3,(H,19,22). The Balaban J connectivity index is 2.17. The van der Waals surface area contributed by atoms with Crippen molar-refractivity contribution in [2.75, 3.05) is 16.8 Å². The van der Waals surface area contributed by atoms with Gasteiger partial charge in [0, 0.05) is 18.8 Å². The number of aryl methyl sites for hydroxylation is 2. The van der Waals surface area contributed by atoms with Crippen molar-refractivity contribution in [3.63, 3.8) is 0 Å². The van der Waals surface area contributed by atoms with Crippen molar-refractivity contribution in [2.45, 2.75) is 20.8 Å². The number of benzene rings is 1. The lowest BCUT2D eigenvalue weighted by Gasteiger charge is -2.23. The molecule has 0 spiro atoms. The fourth-order valence-electron chi connectivity index (χ4n) is 2.16. The summed E-state index contributed by atoms with van der Waals surface area (Å²) in [6.07, 6.45) is 3.20. The number of pyridine rings is 1. The topological polar surface area (TPSA) is 62.3 Å². The number of amides is 2. The lowest BCUT2D eigenvalue weighted by molar-refractivity contribution is -0.120. The van der Waals surface area contributed by atoms with Gasteiger partial charge in [-0.1, -0.05) is 12.1 Å². The molecule has 2 rings (SSSR count). The third-order valence-corrected chi connectivity index (χ3v) is 3.28. The number of hydrogen-bond acceptors (Lipinski definition) is 3. The zero-order chi connectivity index (χ0) is 16.1. The van der Waals surface area contributed by atoms with Gasteiger partial charge in [0.25, 0.3) is 0 Å². The number of carbonyl (C=O) groups excluding carboxylic acids is 2. The molecule has 5 nitrogen and oxygen atoms in total. The second-order valence-corrected chi connectivity index (χ2v) is 5.18. The zero-order valence-electron chi connectivity index (χ0n) is 13.0. The van der Waals surface area contributed by atoms with E-state index in [4.69, 9.17) is 0 Å². The van der Waals surface area contributed by atoms with E-state index in [2.05, 4.69) is 10.3 Å². The SMILES string of the molecule is CC(=O)N(CC(=O)Nc1cccnc1)c1cc(C)ccc1C. The van der Waals surface area contributed by atoms with Gasteiger partial charge in [0.2, 0.25) is 11.8 Å². The van der Waals surface area contributed by atoms with E-state index in [9.17, 15) is 9.59 Å². The monoisotopic (exact) mass is 297 g/mol. The van der Waals surface area contributed by atoms with Gasteiger partial charge in [-0.15, -0.1) is 0 Å². The maximum absolute atomic E-state index is 12.2. The highest BCUT2D eigenvalue weighted by Gasteiger charge is 2.17. The highest BCUT2D eigenvalue weighted by Crippen LogP contribution is 2.21. The summed E-state index contributed by atoms with van der Waals surface area (Å²) in [4.78, 5) is 29.5. The van der Waals surface area contributed by atoms with Crippen LogP contribution in [0.3, 0.4) is 0 Å². The second-order valence-electron chi connectivity index (χ2n) is 5.18. The van der Waals surface area contributed by atoms with E-state index in [1.807, 2.05) is 32.0 Å². The molecule has 0 bridgehead atoms. The van der Waals surface area contributed by atoms with Crippen molar-refractivity contribution in [1.29, 1.82) is 0 Å². The quantitative estimate of drug-likeness (QED) is 0.943. The minimum Gasteiger partial charge on any atom is -0.323 e. The highest BCUT2D eigenvalue weighted by molar-refractivity contribution is 6.02. The molecule has 0 aliphatic rings. The summed E-state index contributed by atoms with van der Waals surface area (Å²) in [7, 11) is 0. The molecule has 0 saturated heterocycles. The average Bonchev–Trinajstić information content (AvgIpc) is 2.48. The minimum atomic E-state index is -0.260. The normalized spacial score (nSPS) is 10.1. The van der Waals surface area contributed by atoms with Crippen molar-refractivity contribution < 1.29 is 9.59 Å². The minimum absolute atomic E-state index is 0.0332. The van der Waals surface area contributed by atoms with Crippen LogP contribution in [0.25, 0.3) is 0 Å². The fourth-order valence-corrected chi connectivity index (χ4v) is 2.16. The number of rotatable bonds is 4. The molecule has 22 heavy (non-hydrogen) atoms. The van der Waals surface area contributed by atoms with Gasteiger partial charge in [-0.2, -0.15) is 0 Å². The third kappa shape index (κ3) is 3.91. The summed E-state index contributed by atoms with van der Waals surface area (Å²) in [6, 6.07) is 9.32. The predicted molar refractivity (Wildman–Crippen MR) is 86.8 cm³/mol. The summed E-state index contributed by atoms with van der Waals surface area (Å²) in [5.74, 6) is -0.431. The van der Waals surface area contributed by atoms with Crippen LogP contribution in [0, 0.1) is 13.8 Å². The molecule has 114 valence electrons. The van der Waals surface area contributed by atoms with Crippen LogP contribution < -0.4 is 10.2 Å². The summed E-state index contributed by atoms with van der Waals surface area (Å²) < 4.78 is 0. The maximum atomic E-state index is 12.2. The van der Waals surface area contributed by atoms with Crippen LogP contribution in [0.15, 0.2) is 42.7 Å². The van der Waals surface area contributed by atoms with Gasteiger partial charge in [-0.25, -0.2) is 0 Å². The molecule has 2 amide bonds. The molecule has 5 heteroatoms.